The monoisotopic (exact) mass is 574 g/mol. The van der Waals surface area contributed by atoms with Gasteiger partial charge in [-0.15, -0.1) is 11.8 Å². The lowest BCUT2D eigenvalue weighted by atomic mass is 9.96. The Labute approximate surface area is 240 Å². The van der Waals surface area contributed by atoms with Gasteiger partial charge in [-0.25, -0.2) is 4.79 Å². The maximum absolute atomic E-state index is 12.3. The van der Waals surface area contributed by atoms with Crippen molar-refractivity contribution >= 4 is 35.2 Å². The van der Waals surface area contributed by atoms with Gasteiger partial charge < -0.3 is 36.2 Å². The van der Waals surface area contributed by atoms with Crippen molar-refractivity contribution in [1.29, 1.82) is 0 Å². The number of hydrogen-bond donors (Lipinski definition) is 3. The number of aliphatic carboxylic acids is 1. The van der Waals surface area contributed by atoms with Crippen molar-refractivity contribution in [3.05, 3.63) is 65.7 Å². The van der Waals surface area contributed by atoms with E-state index >= 15 is 0 Å². The Balaban J connectivity index is 0.000000292. The number of ether oxygens (including phenoxy) is 1. The van der Waals surface area contributed by atoms with Gasteiger partial charge in [0.15, 0.2) is 0 Å². The van der Waals surface area contributed by atoms with Crippen LogP contribution in [-0.4, -0.2) is 86.6 Å². The Morgan fingerprint density at radius 1 is 1.07 bits per heavy atom. The third-order valence-electron chi connectivity index (χ3n) is 6.89. The number of carboxylic acid groups (broad SMARTS) is 1. The van der Waals surface area contributed by atoms with Crippen molar-refractivity contribution in [3.63, 3.8) is 0 Å². The summed E-state index contributed by atoms with van der Waals surface area (Å²) in [7, 11) is 0. The number of carboxylic acids is 1. The molecular weight excluding hydrogens is 532 g/mol. The number of amides is 2. The SMILES string of the molecule is CC1(C)S[C@@H]2[C@H](NC(=O)Cc3ccccc3)C(=O)N2[C@H]1C(=O)O.CCN(CC)CCOCc1ccc(N)cc1.O. The number of thioether (sulfide) groups is 1. The molecule has 2 saturated heterocycles. The van der Waals surface area contributed by atoms with Gasteiger partial charge >= 0.3 is 5.97 Å². The molecule has 2 fully saturated rings. The van der Waals surface area contributed by atoms with Crippen LogP contribution in [0.5, 0.6) is 0 Å². The number of anilines is 1. The van der Waals surface area contributed by atoms with E-state index in [1.807, 2.05) is 68.4 Å². The Bertz CT molecular complexity index is 1110. The molecule has 2 aliphatic rings. The third-order valence-corrected chi connectivity index (χ3v) is 8.47. The lowest BCUT2D eigenvalue weighted by Gasteiger charge is -2.43. The summed E-state index contributed by atoms with van der Waals surface area (Å²) in [5.41, 5.74) is 8.45. The van der Waals surface area contributed by atoms with E-state index in [1.165, 1.54) is 22.2 Å². The summed E-state index contributed by atoms with van der Waals surface area (Å²) in [5.74, 6) is -1.55. The van der Waals surface area contributed by atoms with E-state index in [0.29, 0.717) is 6.61 Å². The number of carbonyl (C=O) groups excluding carboxylic acids is 2. The average molecular weight is 575 g/mol. The standard InChI is InChI=1S/C16H18N2O4S.C13H22N2O.H2O/c1-16(2)12(15(21)22)18-13(20)11(14(18)23-16)17-10(19)8-9-6-4-3-5-7-9;1-3-15(4-2)9-10-16-11-12-5-7-13(14)8-6-12;/h3-7,11-12,14H,8H2,1-2H3,(H,17,19)(H,21,22);5-8H,3-4,9-11,14H2,1-2H3;1H2/t11-,12+,14-;;/m1../s1. The first-order valence-electron chi connectivity index (χ1n) is 13.3. The second-order valence-corrected chi connectivity index (χ2v) is 11.9. The van der Waals surface area contributed by atoms with E-state index in [0.717, 1.165) is 37.5 Å². The summed E-state index contributed by atoms with van der Waals surface area (Å²) < 4.78 is 5.03. The van der Waals surface area contributed by atoms with Gasteiger partial charge in [-0.1, -0.05) is 56.3 Å². The number of nitrogens with zero attached hydrogens (tertiary/aromatic N) is 2. The number of likely N-dealkylation sites (N-methyl/N-ethyl adjacent to an activating group) is 1. The zero-order valence-electron chi connectivity index (χ0n) is 23.6. The minimum absolute atomic E-state index is 0. The van der Waals surface area contributed by atoms with Crippen LogP contribution in [0.3, 0.4) is 0 Å². The van der Waals surface area contributed by atoms with E-state index in [4.69, 9.17) is 10.5 Å². The molecule has 2 heterocycles. The summed E-state index contributed by atoms with van der Waals surface area (Å²) >= 11 is 1.42. The van der Waals surface area contributed by atoms with Crippen molar-refractivity contribution in [2.45, 2.75) is 62.9 Å². The van der Waals surface area contributed by atoms with E-state index in [-0.39, 0.29) is 29.1 Å². The molecule has 0 saturated carbocycles. The maximum Gasteiger partial charge on any atom is 0.327 e. The zero-order valence-corrected chi connectivity index (χ0v) is 24.4. The van der Waals surface area contributed by atoms with Crippen LogP contribution in [0.15, 0.2) is 54.6 Å². The molecule has 0 spiro atoms. The van der Waals surface area contributed by atoms with Crippen LogP contribution in [0, 0.1) is 0 Å². The molecule has 4 rings (SSSR count). The smallest absolute Gasteiger partial charge is 0.327 e. The summed E-state index contributed by atoms with van der Waals surface area (Å²) in [6, 6.07) is 15.6. The number of hydrogen-bond acceptors (Lipinski definition) is 7. The van der Waals surface area contributed by atoms with E-state index < -0.39 is 22.8 Å². The van der Waals surface area contributed by atoms with Crippen LogP contribution < -0.4 is 11.1 Å². The lowest BCUT2D eigenvalue weighted by Crippen LogP contribution is -2.70. The van der Waals surface area contributed by atoms with Gasteiger partial charge in [0.25, 0.3) is 0 Å². The summed E-state index contributed by atoms with van der Waals surface area (Å²) in [4.78, 5) is 39.5. The molecule has 3 atom stereocenters. The molecule has 10 nitrogen and oxygen atoms in total. The Morgan fingerprint density at radius 3 is 2.27 bits per heavy atom. The Morgan fingerprint density at radius 2 is 1.70 bits per heavy atom. The Kier molecular flexibility index (Phi) is 12.4. The highest BCUT2D eigenvalue weighted by molar-refractivity contribution is 8.01. The molecule has 0 bridgehead atoms. The van der Waals surface area contributed by atoms with Crippen LogP contribution in [0.25, 0.3) is 0 Å². The highest BCUT2D eigenvalue weighted by Crippen LogP contribution is 2.50. The molecule has 2 aromatic carbocycles. The first kappa shape index (κ1) is 33.1. The number of nitrogen functional groups attached to an aromatic ring is 1. The fourth-order valence-electron chi connectivity index (χ4n) is 4.69. The fourth-order valence-corrected chi connectivity index (χ4v) is 6.31. The second kappa shape index (κ2) is 15.0. The van der Waals surface area contributed by atoms with Gasteiger partial charge in [0, 0.05) is 17.0 Å². The van der Waals surface area contributed by atoms with Crippen LogP contribution in [0.2, 0.25) is 0 Å². The highest BCUT2D eigenvalue weighted by atomic mass is 32.2. The summed E-state index contributed by atoms with van der Waals surface area (Å²) in [6.07, 6.45) is 0.202. The number of nitrogens with two attached hydrogens (primary N) is 1. The quantitative estimate of drug-likeness (QED) is 0.209. The van der Waals surface area contributed by atoms with Gasteiger partial charge in [-0.05, 0) is 50.2 Å². The normalized spacial score (nSPS) is 20.5. The molecule has 2 aromatic rings. The first-order valence-corrected chi connectivity index (χ1v) is 14.2. The van der Waals surface area contributed by atoms with Crippen molar-refractivity contribution in [1.82, 2.24) is 15.1 Å². The summed E-state index contributed by atoms with van der Waals surface area (Å²) in [5, 5.41) is 11.8. The second-order valence-electron chi connectivity index (χ2n) is 10.1. The van der Waals surface area contributed by atoms with Crippen molar-refractivity contribution < 1.29 is 29.7 Å². The highest BCUT2D eigenvalue weighted by Gasteiger charge is 2.64. The molecule has 2 amide bonds. The van der Waals surface area contributed by atoms with Gasteiger partial charge in [-0.3, -0.25) is 9.59 Å². The number of nitrogens with one attached hydrogen (secondary N) is 1. The maximum atomic E-state index is 12.3. The van der Waals surface area contributed by atoms with E-state index in [9.17, 15) is 19.5 Å². The number of carbonyl (C=O) groups is 3. The largest absolute Gasteiger partial charge is 0.480 e. The van der Waals surface area contributed by atoms with Crippen LogP contribution >= 0.6 is 11.8 Å². The van der Waals surface area contributed by atoms with E-state index in [1.54, 1.807) is 0 Å². The molecular formula is C29H42N4O6S. The zero-order chi connectivity index (χ0) is 28.6. The third kappa shape index (κ3) is 8.44. The number of benzene rings is 2. The molecule has 0 radical (unpaired) electrons. The minimum atomic E-state index is -1.01. The number of β-lactam (4-membered cyclic amide) rings is 1. The van der Waals surface area contributed by atoms with Crippen LogP contribution in [-0.2, 0) is 32.1 Å². The number of fused-ring (bicyclic) bond motifs is 1. The molecule has 0 aromatic heterocycles. The van der Waals surface area contributed by atoms with Gasteiger partial charge in [0.1, 0.15) is 17.5 Å². The number of rotatable bonds is 11. The predicted octanol–water partition coefficient (Wildman–Crippen LogP) is 2.16. The molecule has 6 N–H and O–H groups in total. The average Bonchev–Trinajstić information content (AvgIpc) is 3.17. The van der Waals surface area contributed by atoms with Crippen molar-refractivity contribution in [2.24, 2.45) is 0 Å². The fraction of sp³-hybridized carbons (Fsp3) is 0.483. The molecule has 40 heavy (non-hydrogen) atoms. The molecule has 0 aliphatic carbocycles. The van der Waals surface area contributed by atoms with Gasteiger partial charge in [-0.2, -0.15) is 0 Å². The van der Waals surface area contributed by atoms with Crippen molar-refractivity contribution in [2.75, 3.05) is 32.0 Å². The van der Waals surface area contributed by atoms with Crippen LogP contribution in [0.1, 0.15) is 38.8 Å². The topological polar surface area (TPSA) is 157 Å². The van der Waals surface area contributed by atoms with Gasteiger partial charge in [0.05, 0.1) is 19.6 Å². The van der Waals surface area contributed by atoms with Crippen LogP contribution in [0.4, 0.5) is 5.69 Å². The van der Waals surface area contributed by atoms with E-state index in [2.05, 4.69) is 24.1 Å². The van der Waals surface area contributed by atoms with Gasteiger partial charge in [0.2, 0.25) is 11.8 Å². The molecule has 220 valence electrons. The molecule has 0 unspecified atom stereocenters. The lowest BCUT2D eigenvalue weighted by molar-refractivity contribution is -0.161. The minimum Gasteiger partial charge on any atom is -0.480 e. The predicted molar refractivity (Wildman–Crippen MR) is 158 cm³/mol. The molecule has 11 heteroatoms. The Hall–Kier alpha value is -3.12. The summed E-state index contributed by atoms with van der Waals surface area (Å²) in [6.45, 7) is 12.6. The molecule has 2 aliphatic heterocycles. The first-order chi connectivity index (χ1) is 18.6. The van der Waals surface area contributed by atoms with Crippen molar-refractivity contribution in [3.8, 4) is 0 Å².